The Hall–Kier alpha value is -4.06. The lowest BCUT2D eigenvalue weighted by molar-refractivity contribution is 0.0696. The van der Waals surface area contributed by atoms with E-state index in [0.29, 0.717) is 42.0 Å². The van der Waals surface area contributed by atoms with Crippen LogP contribution in [0, 0.1) is 6.92 Å². The molecule has 0 fully saturated rings. The second-order valence-electron chi connectivity index (χ2n) is 8.55. The van der Waals surface area contributed by atoms with Gasteiger partial charge in [-0.3, -0.25) is 4.79 Å². The van der Waals surface area contributed by atoms with Gasteiger partial charge < -0.3 is 20.1 Å². The van der Waals surface area contributed by atoms with Gasteiger partial charge in [0.25, 0.3) is 5.91 Å². The number of hydrogen-bond donors (Lipinski definition) is 3. The average molecular weight is 471 g/mol. The van der Waals surface area contributed by atoms with Crippen LogP contribution in [-0.4, -0.2) is 35.1 Å². The van der Waals surface area contributed by atoms with E-state index in [4.69, 9.17) is 4.74 Å². The van der Waals surface area contributed by atoms with E-state index in [1.165, 1.54) is 0 Å². The fourth-order valence-electron chi connectivity index (χ4n) is 4.47. The summed E-state index contributed by atoms with van der Waals surface area (Å²) in [7, 11) is 0. The molecule has 35 heavy (non-hydrogen) atoms. The first-order valence-electron chi connectivity index (χ1n) is 11.9. The molecule has 0 aliphatic heterocycles. The van der Waals surface area contributed by atoms with Crippen LogP contribution in [0.15, 0.2) is 60.8 Å². The number of aromatic nitrogens is 1. The van der Waals surface area contributed by atoms with Crippen LogP contribution >= 0.6 is 0 Å². The molecule has 6 heteroatoms. The summed E-state index contributed by atoms with van der Waals surface area (Å²) in [4.78, 5) is 28.5. The van der Waals surface area contributed by atoms with Gasteiger partial charge in [0.05, 0.1) is 17.7 Å². The number of benzene rings is 3. The highest BCUT2D eigenvalue weighted by molar-refractivity contribution is 6.04. The van der Waals surface area contributed by atoms with Gasteiger partial charge in [-0.15, -0.1) is 0 Å². The van der Waals surface area contributed by atoms with Crippen molar-refractivity contribution in [1.82, 2.24) is 10.3 Å². The molecule has 0 spiro atoms. The number of aromatic carboxylic acids is 1. The summed E-state index contributed by atoms with van der Waals surface area (Å²) < 4.78 is 6.22. The predicted octanol–water partition coefficient (Wildman–Crippen LogP) is 5.97. The first-order valence-corrected chi connectivity index (χ1v) is 11.9. The lowest BCUT2D eigenvalue weighted by Crippen LogP contribution is -2.25. The van der Waals surface area contributed by atoms with E-state index in [9.17, 15) is 14.7 Å². The van der Waals surface area contributed by atoms with Crippen LogP contribution in [-0.2, 0) is 6.42 Å². The number of para-hydroxylation sites is 1. The van der Waals surface area contributed by atoms with E-state index in [0.717, 1.165) is 34.0 Å². The molecule has 6 nitrogen and oxygen atoms in total. The molecule has 0 aliphatic carbocycles. The van der Waals surface area contributed by atoms with E-state index in [1.54, 1.807) is 18.2 Å². The van der Waals surface area contributed by atoms with Gasteiger partial charge in [-0.05, 0) is 66.8 Å². The lowest BCUT2D eigenvalue weighted by atomic mass is 9.88. The van der Waals surface area contributed by atoms with Crippen molar-refractivity contribution in [3.8, 4) is 16.9 Å². The van der Waals surface area contributed by atoms with E-state index >= 15 is 0 Å². The Bertz CT molecular complexity index is 1390. The summed E-state index contributed by atoms with van der Waals surface area (Å²) in [6, 6.07) is 16.7. The maximum atomic E-state index is 13.5. The van der Waals surface area contributed by atoms with Gasteiger partial charge in [-0.25, -0.2) is 4.79 Å². The second kappa shape index (κ2) is 10.5. The zero-order chi connectivity index (χ0) is 24.9. The third-order valence-electron chi connectivity index (χ3n) is 6.04. The van der Waals surface area contributed by atoms with Crippen molar-refractivity contribution >= 4 is 22.8 Å². The van der Waals surface area contributed by atoms with Crippen LogP contribution in [0.1, 0.15) is 57.7 Å². The quantitative estimate of drug-likeness (QED) is 0.281. The Balaban J connectivity index is 1.99. The van der Waals surface area contributed by atoms with Crippen molar-refractivity contribution in [3.63, 3.8) is 0 Å². The molecule has 0 saturated heterocycles. The van der Waals surface area contributed by atoms with Gasteiger partial charge in [0, 0.05) is 35.6 Å². The van der Waals surface area contributed by atoms with Crippen molar-refractivity contribution in [2.45, 2.75) is 33.6 Å². The van der Waals surface area contributed by atoms with Gasteiger partial charge >= 0.3 is 5.97 Å². The molecule has 3 N–H and O–H groups in total. The smallest absolute Gasteiger partial charge is 0.335 e. The van der Waals surface area contributed by atoms with Crippen LogP contribution < -0.4 is 10.1 Å². The number of carbonyl (C=O) groups excluding carboxylic acids is 1. The minimum Gasteiger partial charge on any atom is -0.493 e. The van der Waals surface area contributed by atoms with E-state index in [2.05, 4.69) is 16.4 Å². The zero-order valence-electron chi connectivity index (χ0n) is 20.3. The molecule has 0 aliphatic rings. The third-order valence-corrected chi connectivity index (χ3v) is 6.04. The first-order chi connectivity index (χ1) is 16.9. The molecule has 180 valence electrons. The number of ether oxygens (including phenoxy) is 1. The van der Waals surface area contributed by atoms with E-state index in [1.807, 2.05) is 57.3 Å². The van der Waals surface area contributed by atoms with Gasteiger partial charge in [0.15, 0.2) is 0 Å². The summed E-state index contributed by atoms with van der Waals surface area (Å²) in [5.74, 6) is -0.513. The summed E-state index contributed by atoms with van der Waals surface area (Å²) in [6.45, 7) is 6.90. The number of fused-ring (bicyclic) bond motifs is 1. The summed E-state index contributed by atoms with van der Waals surface area (Å²) in [5, 5.41) is 13.6. The number of carbonyl (C=O) groups is 2. The standard InChI is InChI=1S/C29H30N2O4/c1-4-13-35-27-18(3)14-23(19-9-8-10-20(15-19)29(33)34)26(28(32)30-5-2)24(27)16-21-17-31-25-12-7-6-11-22(21)25/h6-12,14-15,17,31H,4-5,13,16H2,1-3H3,(H,30,32)(H,33,34). The van der Waals surface area contributed by atoms with Gasteiger partial charge in [-0.2, -0.15) is 0 Å². The minimum absolute atomic E-state index is 0.173. The van der Waals surface area contributed by atoms with Crippen molar-refractivity contribution < 1.29 is 19.4 Å². The van der Waals surface area contributed by atoms with Crippen LogP contribution in [0.2, 0.25) is 0 Å². The fraction of sp³-hybridized carbons (Fsp3) is 0.241. The van der Waals surface area contributed by atoms with Crippen LogP contribution in [0.4, 0.5) is 0 Å². The molecule has 4 rings (SSSR count). The average Bonchev–Trinajstić information content (AvgIpc) is 3.26. The molecule has 0 unspecified atom stereocenters. The minimum atomic E-state index is -1.01. The molecule has 4 aromatic rings. The maximum Gasteiger partial charge on any atom is 0.335 e. The lowest BCUT2D eigenvalue weighted by Gasteiger charge is -2.21. The molecular formula is C29H30N2O4. The van der Waals surface area contributed by atoms with Crippen molar-refractivity contribution in [2.75, 3.05) is 13.2 Å². The highest BCUT2D eigenvalue weighted by Gasteiger charge is 2.25. The molecular weight excluding hydrogens is 440 g/mol. The number of amides is 1. The van der Waals surface area contributed by atoms with Gasteiger partial charge in [0.2, 0.25) is 0 Å². The zero-order valence-corrected chi connectivity index (χ0v) is 20.3. The molecule has 3 aromatic carbocycles. The molecule has 0 saturated carbocycles. The van der Waals surface area contributed by atoms with Crippen molar-refractivity contribution in [1.29, 1.82) is 0 Å². The Morgan fingerprint density at radius 2 is 1.86 bits per heavy atom. The number of aromatic amines is 1. The molecule has 1 aromatic heterocycles. The van der Waals surface area contributed by atoms with Crippen molar-refractivity contribution in [2.24, 2.45) is 0 Å². The van der Waals surface area contributed by atoms with Crippen LogP contribution in [0.5, 0.6) is 5.75 Å². The Kier molecular flexibility index (Phi) is 7.20. The number of carboxylic acid groups (broad SMARTS) is 1. The number of carboxylic acids is 1. The summed E-state index contributed by atoms with van der Waals surface area (Å²) in [5.41, 5.74) is 5.83. The topological polar surface area (TPSA) is 91.4 Å². The highest BCUT2D eigenvalue weighted by atomic mass is 16.5. The monoisotopic (exact) mass is 470 g/mol. The molecule has 0 atom stereocenters. The normalized spacial score (nSPS) is 10.9. The Morgan fingerprint density at radius 1 is 1.06 bits per heavy atom. The SMILES string of the molecule is CCCOc1c(C)cc(-c2cccc(C(=O)O)c2)c(C(=O)NCC)c1Cc1c[nH]c2ccccc12. The van der Waals surface area contributed by atoms with E-state index < -0.39 is 5.97 Å². The molecule has 1 heterocycles. The van der Waals surface area contributed by atoms with Crippen molar-refractivity contribution in [3.05, 3.63) is 88.6 Å². The Morgan fingerprint density at radius 3 is 2.60 bits per heavy atom. The number of H-pyrrole nitrogens is 1. The first kappa shape index (κ1) is 24.1. The number of nitrogens with one attached hydrogen (secondary N) is 2. The van der Waals surface area contributed by atoms with E-state index in [-0.39, 0.29) is 11.5 Å². The molecule has 0 bridgehead atoms. The molecule has 1 amide bonds. The van der Waals surface area contributed by atoms with Gasteiger partial charge in [-0.1, -0.05) is 37.3 Å². The number of hydrogen-bond acceptors (Lipinski definition) is 3. The second-order valence-corrected chi connectivity index (χ2v) is 8.55. The predicted molar refractivity (Wildman–Crippen MR) is 138 cm³/mol. The molecule has 0 radical (unpaired) electrons. The fourth-order valence-corrected chi connectivity index (χ4v) is 4.47. The number of rotatable bonds is 9. The van der Waals surface area contributed by atoms with Gasteiger partial charge in [0.1, 0.15) is 5.75 Å². The third kappa shape index (κ3) is 4.92. The maximum absolute atomic E-state index is 13.5. The van der Waals surface area contributed by atoms with Crippen LogP contribution in [0.3, 0.4) is 0 Å². The Labute approximate surface area is 205 Å². The summed E-state index contributed by atoms with van der Waals surface area (Å²) >= 11 is 0. The summed E-state index contributed by atoms with van der Waals surface area (Å²) in [6.07, 6.45) is 3.30. The largest absolute Gasteiger partial charge is 0.493 e. The highest BCUT2D eigenvalue weighted by Crippen LogP contribution is 2.38. The number of aryl methyl sites for hydroxylation is 1. The van der Waals surface area contributed by atoms with Crippen LogP contribution in [0.25, 0.3) is 22.0 Å².